The van der Waals surface area contributed by atoms with Gasteiger partial charge in [0.2, 0.25) is 0 Å². The Morgan fingerprint density at radius 3 is 2.28 bits per heavy atom. The van der Waals surface area contributed by atoms with Crippen molar-refractivity contribution in [2.75, 3.05) is 6.54 Å². The summed E-state index contributed by atoms with van der Waals surface area (Å²) < 4.78 is 53.5. The number of carboxylic acid groups (broad SMARTS) is 1. The van der Waals surface area contributed by atoms with Crippen LogP contribution >= 0.6 is 12.4 Å². The van der Waals surface area contributed by atoms with Crippen molar-refractivity contribution < 1.29 is 27.5 Å². The molecule has 0 heterocycles. The van der Waals surface area contributed by atoms with Crippen molar-refractivity contribution in [1.82, 2.24) is 4.90 Å². The Labute approximate surface area is 216 Å². The van der Waals surface area contributed by atoms with Crippen LogP contribution in [0.3, 0.4) is 0 Å². The van der Waals surface area contributed by atoms with E-state index < -0.39 is 17.7 Å². The van der Waals surface area contributed by atoms with Crippen LogP contribution in [0.15, 0.2) is 48.5 Å². The second-order valence-corrected chi connectivity index (χ2v) is 10.3. The van der Waals surface area contributed by atoms with Gasteiger partial charge in [-0.15, -0.1) is 12.4 Å². The van der Waals surface area contributed by atoms with Gasteiger partial charge in [0.05, 0.1) is 5.56 Å². The van der Waals surface area contributed by atoms with E-state index in [4.69, 9.17) is 0 Å². The van der Waals surface area contributed by atoms with Crippen molar-refractivity contribution in [3.05, 3.63) is 71.0 Å². The number of benzene rings is 2. The molecule has 36 heavy (non-hydrogen) atoms. The second-order valence-electron chi connectivity index (χ2n) is 10.3. The average molecular weight is 528 g/mol. The Balaban J connectivity index is 0.00000361. The number of hydrogen-bond acceptors (Lipinski definition) is 2. The van der Waals surface area contributed by atoms with Crippen molar-refractivity contribution >= 4 is 18.4 Å². The standard InChI is InChI=1S/C28H33F4NO2.ClH/c29-24-7-3-6-21(14-24)18-33(17-19-4-1-2-5-19)26-13-8-20(16-27(34)35)15-25(26)22-9-11-23(12-10-22)28(30,31)32;/h3,6-7,9-12,14,19-20,25-26H,1-2,4-5,8,13,15-18H2,(H,34,35);1H/t20-,25+,26-;/m1./s1. The lowest BCUT2D eigenvalue weighted by Crippen LogP contribution is -2.44. The van der Waals surface area contributed by atoms with E-state index in [1.807, 2.05) is 6.07 Å². The molecule has 3 nitrogen and oxygen atoms in total. The predicted octanol–water partition coefficient (Wildman–Crippen LogP) is 7.69. The van der Waals surface area contributed by atoms with Gasteiger partial charge in [-0.05, 0) is 85.3 Å². The maximum Gasteiger partial charge on any atom is 0.416 e. The van der Waals surface area contributed by atoms with E-state index in [0.29, 0.717) is 18.9 Å². The fourth-order valence-corrected chi connectivity index (χ4v) is 6.10. The highest BCUT2D eigenvalue weighted by atomic mass is 35.5. The maximum atomic E-state index is 13.9. The topological polar surface area (TPSA) is 40.5 Å². The highest BCUT2D eigenvalue weighted by Crippen LogP contribution is 2.42. The van der Waals surface area contributed by atoms with Crippen LogP contribution in [0.4, 0.5) is 17.6 Å². The van der Waals surface area contributed by atoms with Gasteiger partial charge in [0, 0.05) is 25.6 Å². The molecule has 0 aromatic heterocycles. The molecular weight excluding hydrogens is 494 g/mol. The molecule has 0 spiro atoms. The first-order valence-electron chi connectivity index (χ1n) is 12.6. The van der Waals surface area contributed by atoms with Crippen LogP contribution in [-0.4, -0.2) is 28.6 Å². The Morgan fingerprint density at radius 1 is 0.972 bits per heavy atom. The first kappa shape index (κ1) is 28.5. The van der Waals surface area contributed by atoms with Gasteiger partial charge in [-0.3, -0.25) is 9.69 Å². The number of rotatable bonds is 8. The summed E-state index contributed by atoms with van der Waals surface area (Å²) >= 11 is 0. The largest absolute Gasteiger partial charge is 0.481 e. The zero-order chi connectivity index (χ0) is 25.0. The van der Waals surface area contributed by atoms with Crippen LogP contribution in [0.5, 0.6) is 0 Å². The molecule has 0 radical (unpaired) electrons. The number of alkyl halides is 3. The van der Waals surface area contributed by atoms with Crippen LogP contribution in [0.25, 0.3) is 0 Å². The average Bonchev–Trinajstić information content (AvgIpc) is 3.31. The number of halogens is 5. The van der Waals surface area contributed by atoms with Gasteiger partial charge >= 0.3 is 12.1 Å². The summed E-state index contributed by atoms with van der Waals surface area (Å²) in [6.07, 6.45) is 2.52. The molecule has 3 atom stereocenters. The van der Waals surface area contributed by atoms with E-state index in [0.717, 1.165) is 55.5 Å². The third-order valence-electron chi connectivity index (χ3n) is 7.76. The minimum absolute atomic E-state index is 0. The Kier molecular flexibility index (Phi) is 9.81. The molecule has 2 aliphatic carbocycles. The zero-order valence-corrected chi connectivity index (χ0v) is 21.0. The Hall–Kier alpha value is -2.12. The number of nitrogens with zero attached hydrogens (tertiary/aromatic N) is 1. The van der Waals surface area contributed by atoms with Crippen LogP contribution in [-0.2, 0) is 17.5 Å². The van der Waals surface area contributed by atoms with E-state index in [-0.39, 0.29) is 42.5 Å². The first-order valence-corrected chi connectivity index (χ1v) is 12.6. The summed E-state index contributed by atoms with van der Waals surface area (Å²) in [5, 5.41) is 9.36. The summed E-state index contributed by atoms with van der Waals surface area (Å²) in [4.78, 5) is 13.8. The van der Waals surface area contributed by atoms with Gasteiger partial charge in [0.1, 0.15) is 5.82 Å². The molecule has 2 aliphatic rings. The highest BCUT2D eigenvalue weighted by molar-refractivity contribution is 5.85. The van der Waals surface area contributed by atoms with Crippen molar-refractivity contribution in [2.24, 2.45) is 11.8 Å². The fourth-order valence-electron chi connectivity index (χ4n) is 6.10. The molecule has 0 saturated heterocycles. The molecule has 8 heteroatoms. The third kappa shape index (κ3) is 7.45. The number of carboxylic acids is 1. The first-order chi connectivity index (χ1) is 16.7. The minimum atomic E-state index is -4.40. The lowest BCUT2D eigenvalue weighted by atomic mass is 9.72. The quantitative estimate of drug-likeness (QED) is 0.358. The molecule has 4 rings (SSSR count). The summed E-state index contributed by atoms with van der Waals surface area (Å²) in [6.45, 7) is 1.43. The fraction of sp³-hybridized carbons (Fsp3) is 0.536. The molecule has 0 bridgehead atoms. The Morgan fingerprint density at radius 2 is 1.67 bits per heavy atom. The van der Waals surface area contributed by atoms with Gasteiger partial charge in [0.25, 0.3) is 0 Å². The Bertz CT molecular complexity index is 992. The van der Waals surface area contributed by atoms with E-state index in [9.17, 15) is 27.5 Å². The molecule has 2 aromatic rings. The monoisotopic (exact) mass is 527 g/mol. The molecule has 2 saturated carbocycles. The van der Waals surface area contributed by atoms with E-state index in [2.05, 4.69) is 4.90 Å². The smallest absolute Gasteiger partial charge is 0.416 e. The van der Waals surface area contributed by atoms with Gasteiger partial charge in [0.15, 0.2) is 0 Å². The minimum Gasteiger partial charge on any atom is -0.481 e. The van der Waals surface area contributed by atoms with Crippen LogP contribution in [0.2, 0.25) is 0 Å². The van der Waals surface area contributed by atoms with Crippen molar-refractivity contribution in [1.29, 1.82) is 0 Å². The molecule has 0 aliphatic heterocycles. The zero-order valence-electron chi connectivity index (χ0n) is 20.2. The van der Waals surface area contributed by atoms with E-state index in [1.54, 1.807) is 24.3 Å². The predicted molar refractivity (Wildman–Crippen MR) is 134 cm³/mol. The van der Waals surface area contributed by atoms with Crippen LogP contribution in [0, 0.1) is 17.7 Å². The molecular formula is C28H34ClF4NO2. The molecule has 1 N–H and O–H groups in total. The van der Waals surface area contributed by atoms with Gasteiger partial charge in [-0.1, -0.05) is 37.1 Å². The normalized spacial score (nSPS) is 23.0. The lowest BCUT2D eigenvalue weighted by molar-refractivity contribution is -0.139. The van der Waals surface area contributed by atoms with E-state index >= 15 is 0 Å². The summed E-state index contributed by atoms with van der Waals surface area (Å²) in [5.41, 5.74) is 1.01. The van der Waals surface area contributed by atoms with Gasteiger partial charge in [-0.25, -0.2) is 4.39 Å². The second kappa shape index (κ2) is 12.4. The molecule has 2 aromatic carbocycles. The van der Waals surface area contributed by atoms with Gasteiger partial charge < -0.3 is 5.11 Å². The van der Waals surface area contributed by atoms with Crippen molar-refractivity contribution in [3.8, 4) is 0 Å². The number of carbonyl (C=O) groups is 1. The molecule has 0 unspecified atom stereocenters. The number of hydrogen-bond donors (Lipinski definition) is 1. The molecule has 2 fully saturated rings. The third-order valence-corrected chi connectivity index (χ3v) is 7.76. The van der Waals surface area contributed by atoms with Gasteiger partial charge in [-0.2, -0.15) is 13.2 Å². The van der Waals surface area contributed by atoms with E-state index in [1.165, 1.54) is 18.9 Å². The molecule has 0 amide bonds. The SMILES string of the molecule is Cl.O=C(O)C[C@@H]1CC[C@@H](N(Cc2cccc(F)c2)CC2CCCC2)[C@H](c2ccc(C(F)(F)F)cc2)C1. The molecule has 198 valence electrons. The lowest BCUT2D eigenvalue weighted by Gasteiger charge is -2.44. The van der Waals surface area contributed by atoms with Crippen LogP contribution in [0.1, 0.15) is 74.0 Å². The summed E-state index contributed by atoms with van der Waals surface area (Å²) in [6, 6.07) is 12.0. The number of aliphatic carboxylic acids is 1. The summed E-state index contributed by atoms with van der Waals surface area (Å²) in [7, 11) is 0. The van der Waals surface area contributed by atoms with Crippen molar-refractivity contribution in [3.63, 3.8) is 0 Å². The van der Waals surface area contributed by atoms with Crippen LogP contribution < -0.4 is 0 Å². The van der Waals surface area contributed by atoms with Crippen molar-refractivity contribution in [2.45, 2.75) is 76.0 Å². The highest BCUT2D eigenvalue weighted by Gasteiger charge is 2.38. The maximum absolute atomic E-state index is 13.9. The summed E-state index contributed by atoms with van der Waals surface area (Å²) in [5.74, 6) is -0.674.